The van der Waals surface area contributed by atoms with Crippen molar-refractivity contribution >= 4 is 5.69 Å². The summed E-state index contributed by atoms with van der Waals surface area (Å²) in [4.78, 5) is 10.2. The minimum Gasteiger partial charge on any atom is -0.311 e. The molecule has 1 rings (SSSR count). The maximum Gasteiger partial charge on any atom is 0.269 e. The van der Waals surface area contributed by atoms with Crippen molar-refractivity contribution in [2.45, 2.75) is 53.0 Å². The fourth-order valence-electron chi connectivity index (χ4n) is 2.72. The van der Waals surface area contributed by atoms with Crippen LogP contribution in [0.15, 0.2) is 24.3 Å². The standard InChI is InChI=1S/C16H26N2O2/c1-15(2,3)12-16(4,5)17-11-10-13-6-8-14(9-7-13)18(19)20/h6-9,17H,10-12H2,1-5H3. The average Bonchev–Trinajstić information content (AvgIpc) is 2.26. The van der Waals surface area contributed by atoms with Crippen molar-refractivity contribution in [1.29, 1.82) is 0 Å². The summed E-state index contributed by atoms with van der Waals surface area (Å²) in [5.41, 5.74) is 1.66. The highest BCUT2D eigenvalue weighted by Gasteiger charge is 2.24. The fraction of sp³-hybridized carbons (Fsp3) is 0.625. The van der Waals surface area contributed by atoms with Crippen LogP contribution in [0.4, 0.5) is 5.69 Å². The first-order valence-corrected chi connectivity index (χ1v) is 7.07. The molecular weight excluding hydrogens is 252 g/mol. The Morgan fingerprint density at radius 1 is 1.10 bits per heavy atom. The van der Waals surface area contributed by atoms with Crippen molar-refractivity contribution in [3.8, 4) is 0 Å². The molecule has 0 fully saturated rings. The number of rotatable bonds is 6. The molecule has 0 aliphatic carbocycles. The van der Waals surface area contributed by atoms with E-state index in [1.807, 2.05) is 12.1 Å². The van der Waals surface area contributed by atoms with Crippen molar-refractivity contribution in [2.75, 3.05) is 6.54 Å². The Bertz CT molecular complexity index is 445. The largest absolute Gasteiger partial charge is 0.311 e. The zero-order valence-electron chi connectivity index (χ0n) is 13.2. The Labute approximate surface area is 121 Å². The summed E-state index contributed by atoms with van der Waals surface area (Å²) in [5.74, 6) is 0. The Morgan fingerprint density at radius 3 is 2.10 bits per heavy atom. The zero-order valence-corrected chi connectivity index (χ0v) is 13.2. The van der Waals surface area contributed by atoms with E-state index in [2.05, 4.69) is 39.9 Å². The minimum atomic E-state index is -0.367. The smallest absolute Gasteiger partial charge is 0.269 e. The van der Waals surface area contributed by atoms with Crippen LogP contribution >= 0.6 is 0 Å². The van der Waals surface area contributed by atoms with Crippen LogP contribution in [-0.2, 0) is 6.42 Å². The molecule has 0 amide bonds. The van der Waals surface area contributed by atoms with Gasteiger partial charge in [-0.25, -0.2) is 0 Å². The van der Waals surface area contributed by atoms with Crippen molar-refractivity contribution < 1.29 is 4.92 Å². The van der Waals surface area contributed by atoms with Crippen LogP contribution in [0, 0.1) is 15.5 Å². The van der Waals surface area contributed by atoms with Gasteiger partial charge in [-0.2, -0.15) is 0 Å². The van der Waals surface area contributed by atoms with Crippen LogP contribution in [0.1, 0.15) is 46.6 Å². The normalized spacial score (nSPS) is 12.4. The summed E-state index contributed by atoms with van der Waals surface area (Å²) in [7, 11) is 0. The lowest BCUT2D eigenvalue weighted by Gasteiger charge is -2.33. The first kappa shape index (κ1) is 16.6. The molecule has 0 saturated carbocycles. The van der Waals surface area contributed by atoms with Crippen molar-refractivity contribution in [3.63, 3.8) is 0 Å². The molecule has 4 heteroatoms. The van der Waals surface area contributed by atoms with Crippen molar-refractivity contribution in [1.82, 2.24) is 5.32 Å². The van der Waals surface area contributed by atoms with Gasteiger partial charge in [0.15, 0.2) is 0 Å². The summed E-state index contributed by atoms with van der Waals surface area (Å²) in [6.45, 7) is 12.0. The Hall–Kier alpha value is -1.42. The lowest BCUT2D eigenvalue weighted by Crippen LogP contribution is -2.43. The summed E-state index contributed by atoms with van der Waals surface area (Å²) in [6, 6.07) is 6.79. The number of benzene rings is 1. The number of non-ortho nitro benzene ring substituents is 1. The zero-order chi connectivity index (χ0) is 15.4. The molecule has 1 N–H and O–H groups in total. The van der Waals surface area contributed by atoms with Gasteiger partial charge in [0.05, 0.1) is 4.92 Å². The molecule has 20 heavy (non-hydrogen) atoms. The van der Waals surface area contributed by atoms with Crippen LogP contribution in [-0.4, -0.2) is 17.0 Å². The molecule has 0 aromatic heterocycles. The molecule has 1 aromatic rings. The third kappa shape index (κ3) is 6.15. The lowest BCUT2D eigenvalue weighted by molar-refractivity contribution is -0.384. The Balaban J connectivity index is 2.46. The van der Waals surface area contributed by atoms with Gasteiger partial charge in [-0.1, -0.05) is 32.9 Å². The van der Waals surface area contributed by atoms with Crippen LogP contribution in [0.25, 0.3) is 0 Å². The molecular formula is C16H26N2O2. The second kappa shape index (κ2) is 6.35. The van der Waals surface area contributed by atoms with Crippen LogP contribution in [0.2, 0.25) is 0 Å². The van der Waals surface area contributed by atoms with E-state index >= 15 is 0 Å². The molecule has 1 aromatic carbocycles. The van der Waals surface area contributed by atoms with Gasteiger partial charge in [0.25, 0.3) is 5.69 Å². The number of hydrogen-bond donors (Lipinski definition) is 1. The minimum absolute atomic E-state index is 0.0963. The molecule has 0 radical (unpaired) electrons. The predicted molar refractivity (Wildman–Crippen MR) is 83.0 cm³/mol. The van der Waals surface area contributed by atoms with Gasteiger partial charge in [-0.3, -0.25) is 10.1 Å². The summed E-state index contributed by atoms with van der Waals surface area (Å²) >= 11 is 0. The van der Waals surface area contributed by atoms with E-state index in [4.69, 9.17) is 0 Å². The number of nitro groups is 1. The molecule has 0 aliphatic heterocycles. The Kier molecular flexibility index (Phi) is 5.28. The molecule has 0 atom stereocenters. The highest BCUT2D eigenvalue weighted by molar-refractivity contribution is 5.32. The topological polar surface area (TPSA) is 55.2 Å². The summed E-state index contributed by atoms with van der Waals surface area (Å²) in [5, 5.41) is 14.2. The van der Waals surface area contributed by atoms with Crippen LogP contribution in [0.5, 0.6) is 0 Å². The molecule has 0 heterocycles. The van der Waals surface area contributed by atoms with Gasteiger partial charge >= 0.3 is 0 Å². The van der Waals surface area contributed by atoms with E-state index < -0.39 is 0 Å². The molecule has 112 valence electrons. The quantitative estimate of drug-likeness (QED) is 0.633. The number of nitrogens with zero attached hydrogens (tertiary/aromatic N) is 1. The number of hydrogen-bond acceptors (Lipinski definition) is 3. The third-order valence-corrected chi connectivity index (χ3v) is 3.14. The number of nitro benzene ring substituents is 1. The maximum atomic E-state index is 10.6. The Morgan fingerprint density at radius 2 is 1.65 bits per heavy atom. The van der Waals surface area contributed by atoms with Gasteiger partial charge < -0.3 is 5.32 Å². The first-order valence-electron chi connectivity index (χ1n) is 7.07. The monoisotopic (exact) mass is 278 g/mol. The van der Waals surface area contributed by atoms with Gasteiger partial charge in [0, 0.05) is 17.7 Å². The predicted octanol–water partition coefficient (Wildman–Crippen LogP) is 3.94. The van der Waals surface area contributed by atoms with Crippen molar-refractivity contribution in [3.05, 3.63) is 39.9 Å². The SMILES string of the molecule is CC(C)(C)CC(C)(C)NCCc1ccc([N+](=O)[O-])cc1. The van der Waals surface area contributed by atoms with Gasteiger partial charge in [-0.05, 0) is 44.2 Å². The molecule has 0 spiro atoms. The average molecular weight is 278 g/mol. The van der Waals surface area contributed by atoms with Gasteiger partial charge in [-0.15, -0.1) is 0 Å². The van der Waals surface area contributed by atoms with Crippen LogP contribution < -0.4 is 5.32 Å². The highest BCUT2D eigenvalue weighted by Crippen LogP contribution is 2.26. The molecule has 0 bridgehead atoms. The molecule has 0 unspecified atom stereocenters. The molecule has 4 nitrogen and oxygen atoms in total. The van der Waals surface area contributed by atoms with E-state index in [1.54, 1.807) is 12.1 Å². The molecule has 0 saturated heterocycles. The van der Waals surface area contributed by atoms with Crippen molar-refractivity contribution in [2.24, 2.45) is 5.41 Å². The first-order chi connectivity index (χ1) is 9.09. The highest BCUT2D eigenvalue weighted by atomic mass is 16.6. The van der Waals surface area contributed by atoms with E-state index in [0.29, 0.717) is 5.41 Å². The van der Waals surface area contributed by atoms with Gasteiger partial charge in [0.1, 0.15) is 0 Å². The van der Waals surface area contributed by atoms with E-state index in [9.17, 15) is 10.1 Å². The summed E-state index contributed by atoms with van der Waals surface area (Å²) in [6.07, 6.45) is 1.98. The maximum absolute atomic E-state index is 10.6. The third-order valence-electron chi connectivity index (χ3n) is 3.14. The summed E-state index contributed by atoms with van der Waals surface area (Å²) < 4.78 is 0. The van der Waals surface area contributed by atoms with Crippen LogP contribution in [0.3, 0.4) is 0 Å². The fourth-order valence-corrected chi connectivity index (χ4v) is 2.72. The molecule has 0 aliphatic rings. The lowest BCUT2D eigenvalue weighted by atomic mass is 9.82. The van der Waals surface area contributed by atoms with E-state index in [0.717, 1.165) is 24.9 Å². The van der Waals surface area contributed by atoms with E-state index in [-0.39, 0.29) is 16.1 Å². The number of nitrogens with one attached hydrogen (secondary N) is 1. The van der Waals surface area contributed by atoms with Gasteiger partial charge in [0.2, 0.25) is 0 Å². The van der Waals surface area contributed by atoms with E-state index in [1.165, 1.54) is 0 Å². The second-order valence-corrected chi connectivity index (χ2v) is 7.22. The second-order valence-electron chi connectivity index (χ2n) is 7.22.